The van der Waals surface area contributed by atoms with Crippen molar-refractivity contribution in [2.75, 3.05) is 6.61 Å². The molecule has 1 atom stereocenters. The molecular formula is C22H23F2N3O3. The molecule has 6 nitrogen and oxygen atoms in total. The number of aliphatic hydroxyl groups excluding tert-OH is 1. The number of hydrogen-bond donors (Lipinski definition) is 3. The fourth-order valence-corrected chi connectivity index (χ4v) is 3.63. The number of aromatic nitrogens is 2. The molecule has 30 heavy (non-hydrogen) atoms. The second-order valence-corrected chi connectivity index (χ2v) is 8.16. The topological polar surface area (TPSA) is 87.1 Å². The summed E-state index contributed by atoms with van der Waals surface area (Å²) >= 11 is 0. The lowest BCUT2D eigenvalue weighted by molar-refractivity contribution is -0.0556. The van der Waals surface area contributed by atoms with Crippen LogP contribution in [-0.2, 0) is 11.5 Å². The summed E-state index contributed by atoms with van der Waals surface area (Å²) in [7, 11) is 0. The Morgan fingerprint density at radius 1 is 1.37 bits per heavy atom. The maximum absolute atomic E-state index is 13.8. The van der Waals surface area contributed by atoms with E-state index < -0.39 is 24.5 Å². The van der Waals surface area contributed by atoms with Crippen molar-refractivity contribution in [1.82, 2.24) is 14.9 Å². The number of pyridine rings is 1. The first kappa shape index (κ1) is 20.3. The Kier molecular flexibility index (Phi) is 4.77. The highest BCUT2D eigenvalue weighted by molar-refractivity contribution is 6.05. The molecule has 0 bridgehead atoms. The van der Waals surface area contributed by atoms with Gasteiger partial charge in [0.2, 0.25) is 0 Å². The maximum Gasteiger partial charge on any atom is 0.295 e. The Bertz CT molecular complexity index is 1180. The van der Waals surface area contributed by atoms with E-state index in [2.05, 4.69) is 10.3 Å². The molecule has 1 fully saturated rings. The number of nitrogens with one attached hydrogen (secondary N) is 2. The second kappa shape index (κ2) is 7.05. The third-order valence-electron chi connectivity index (χ3n) is 5.88. The van der Waals surface area contributed by atoms with Gasteiger partial charge in [0, 0.05) is 23.5 Å². The Morgan fingerprint density at radius 3 is 2.77 bits per heavy atom. The number of aromatic amines is 1. The fraction of sp³-hybridized carbons (Fsp3) is 0.364. The summed E-state index contributed by atoms with van der Waals surface area (Å²) in [5.74, 6) is -3.77. The smallest absolute Gasteiger partial charge is 0.295 e. The number of nitrogens with zero attached hydrogens (tertiary/aromatic N) is 1. The van der Waals surface area contributed by atoms with E-state index in [0.29, 0.717) is 22.0 Å². The molecule has 1 aliphatic rings. The van der Waals surface area contributed by atoms with Gasteiger partial charge in [-0.1, -0.05) is 18.2 Å². The van der Waals surface area contributed by atoms with Crippen molar-refractivity contribution in [3.63, 3.8) is 0 Å². The minimum absolute atomic E-state index is 0.144. The van der Waals surface area contributed by atoms with Crippen molar-refractivity contribution < 1.29 is 18.7 Å². The minimum Gasteiger partial charge on any atom is -0.390 e. The van der Waals surface area contributed by atoms with Crippen molar-refractivity contribution in [1.29, 1.82) is 0 Å². The van der Waals surface area contributed by atoms with E-state index in [-0.39, 0.29) is 16.7 Å². The van der Waals surface area contributed by atoms with Crippen molar-refractivity contribution in [3.8, 4) is 0 Å². The van der Waals surface area contributed by atoms with Gasteiger partial charge in [-0.15, -0.1) is 0 Å². The predicted molar refractivity (Wildman–Crippen MR) is 109 cm³/mol. The van der Waals surface area contributed by atoms with Crippen LogP contribution in [0.25, 0.3) is 10.9 Å². The van der Waals surface area contributed by atoms with Crippen LogP contribution in [0, 0.1) is 0 Å². The van der Waals surface area contributed by atoms with Gasteiger partial charge in [-0.2, -0.15) is 8.78 Å². The largest absolute Gasteiger partial charge is 0.390 e. The van der Waals surface area contributed by atoms with Crippen molar-refractivity contribution >= 4 is 16.8 Å². The molecule has 8 heteroatoms. The number of hydrogen-bond acceptors (Lipinski definition) is 3. The van der Waals surface area contributed by atoms with Gasteiger partial charge in [0.25, 0.3) is 17.4 Å². The van der Waals surface area contributed by atoms with Crippen LogP contribution in [0.3, 0.4) is 0 Å². The number of benzene rings is 1. The number of carbonyl (C=O) groups is 1. The molecular weight excluding hydrogens is 392 g/mol. The normalized spacial score (nSPS) is 16.4. The molecule has 1 aliphatic carbocycles. The number of carbonyl (C=O) groups excluding carboxylic acids is 1. The van der Waals surface area contributed by atoms with E-state index in [0.717, 1.165) is 12.8 Å². The molecule has 3 N–H and O–H groups in total. The Balaban J connectivity index is 1.66. The van der Waals surface area contributed by atoms with Crippen LogP contribution in [0.4, 0.5) is 8.78 Å². The highest BCUT2D eigenvalue weighted by atomic mass is 19.3. The number of H-pyrrole nitrogens is 1. The summed E-state index contributed by atoms with van der Waals surface area (Å²) in [6.07, 6.45) is 4.93. The zero-order valence-electron chi connectivity index (χ0n) is 16.7. The van der Waals surface area contributed by atoms with E-state index in [1.54, 1.807) is 36.0 Å². The Morgan fingerprint density at radius 2 is 2.10 bits per heavy atom. The molecule has 1 saturated carbocycles. The van der Waals surface area contributed by atoms with Crippen LogP contribution in [0.15, 0.2) is 47.5 Å². The lowest BCUT2D eigenvalue weighted by Gasteiger charge is -2.20. The third-order valence-corrected chi connectivity index (χ3v) is 5.88. The average molecular weight is 415 g/mol. The average Bonchev–Trinajstić information content (AvgIpc) is 3.27. The first-order chi connectivity index (χ1) is 14.2. The van der Waals surface area contributed by atoms with Crippen molar-refractivity contribution in [2.24, 2.45) is 0 Å². The highest BCUT2D eigenvalue weighted by Crippen LogP contribution is 2.42. The molecule has 4 rings (SSSR count). The SMILES string of the molecule is C[C@@H](NC(=O)c1cn(C2(C)CC2)c(=O)c2cc[nH]c12)c1cccc(C(F)(F)CO)c1. The van der Waals surface area contributed by atoms with E-state index >= 15 is 0 Å². The lowest BCUT2D eigenvalue weighted by atomic mass is 10.0. The summed E-state index contributed by atoms with van der Waals surface area (Å²) < 4.78 is 29.3. The van der Waals surface area contributed by atoms with Crippen molar-refractivity contribution in [3.05, 3.63) is 69.8 Å². The molecule has 0 unspecified atom stereocenters. The molecule has 0 saturated heterocycles. The van der Waals surface area contributed by atoms with E-state index in [4.69, 9.17) is 5.11 Å². The number of amides is 1. The van der Waals surface area contributed by atoms with Gasteiger partial charge >= 0.3 is 0 Å². The quantitative estimate of drug-likeness (QED) is 0.577. The monoisotopic (exact) mass is 415 g/mol. The molecule has 2 heterocycles. The molecule has 158 valence electrons. The zero-order chi connectivity index (χ0) is 21.7. The summed E-state index contributed by atoms with van der Waals surface area (Å²) in [5.41, 5.74) is 0.518. The number of rotatable bonds is 6. The highest BCUT2D eigenvalue weighted by Gasteiger charge is 2.41. The third kappa shape index (κ3) is 3.41. The molecule has 1 amide bonds. The van der Waals surface area contributed by atoms with Gasteiger partial charge in [-0.3, -0.25) is 9.59 Å². The Labute approximate surface area is 171 Å². The maximum atomic E-state index is 13.8. The summed E-state index contributed by atoms with van der Waals surface area (Å²) in [6, 6.07) is 6.71. The van der Waals surface area contributed by atoms with Gasteiger partial charge in [0.15, 0.2) is 0 Å². The van der Waals surface area contributed by atoms with Crippen molar-refractivity contribution in [2.45, 2.75) is 44.2 Å². The fourth-order valence-electron chi connectivity index (χ4n) is 3.63. The van der Waals surface area contributed by atoms with Crippen LogP contribution in [0.5, 0.6) is 0 Å². The lowest BCUT2D eigenvalue weighted by Crippen LogP contribution is -2.32. The minimum atomic E-state index is -3.36. The first-order valence-electron chi connectivity index (χ1n) is 9.79. The molecule has 2 aromatic heterocycles. The van der Waals surface area contributed by atoms with Crippen LogP contribution in [-0.4, -0.2) is 27.2 Å². The van der Waals surface area contributed by atoms with Gasteiger partial charge in [-0.25, -0.2) is 0 Å². The molecule has 0 spiro atoms. The molecule has 0 aliphatic heterocycles. The molecule has 1 aromatic carbocycles. The summed E-state index contributed by atoms with van der Waals surface area (Å²) in [5, 5.41) is 12.2. The van der Waals surface area contributed by atoms with E-state index in [1.165, 1.54) is 18.2 Å². The van der Waals surface area contributed by atoms with Gasteiger partial charge in [0.1, 0.15) is 6.61 Å². The van der Waals surface area contributed by atoms with Crippen LogP contribution >= 0.6 is 0 Å². The summed E-state index contributed by atoms with van der Waals surface area (Å²) in [6.45, 7) is 2.38. The standard InChI is InChI=1S/C22H23F2N3O3/c1-13(14-4-3-5-15(10-14)22(23,24)12-28)26-19(29)17-11-27(21(2)7-8-21)20(30)16-6-9-25-18(16)17/h3-6,9-11,13,25,28H,7-8,12H2,1-2H3,(H,26,29)/t13-/m1/s1. The molecule has 0 radical (unpaired) electrons. The zero-order valence-corrected chi connectivity index (χ0v) is 16.7. The number of halogens is 2. The van der Waals surface area contributed by atoms with Gasteiger partial charge < -0.3 is 20.0 Å². The van der Waals surface area contributed by atoms with Crippen LogP contribution in [0.1, 0.15) is 54.2 Å². The van der Waals surface area contributed by atoms with E-state index in [1.807, 2.05) is 6.92 Å². The number of alkyl halides is 2. The second-order valence-electron chi connectivity index (χ2n) is 8.16. The van der Waals surface area contributed by atoms with Crippen LogP contribution < -0.4 is 10.9 Å². The Hall–Kier alpha value is -3.00. The number of fused-ring (bicyclic) bond motifs is 1. The van der Waals surface area contributed by atoms with Gasteiger partial charge in [-0.05, 0) is 44.4 Å². The van der Waals surface area contributed by atoms with E-state index in [9.17, 15) is 18.4 Å². The molecule has 3 aromatic rings. The number of aliphatic hydroxyl groups is 1. The summed E-state index contributed by atoms with van der Waals surface area (Å²) in [4.78, 5) is 28.8. The van der Waals surface area contributed by atoms with Crippen LogP contribution in [0.2, 0.25) is 0 Å². The first-order valence-corrected chi connectivity index (χ1v) is 9.79. The predicted octanol–water partition coefficient (Wildman–Crippen LogP) is 3.41. The van der Waals surface area contributed by atoms with Gasteiger partial charge in [0.05, 0.1) is 22.5 Å².